The Morgan fingerprint density at radius 2 is 2.15 bits per heavy atom. The summed E-state index contributed by atoms with van der Waals surface area (Å²) in [5, 5.41) is 9.79. The van der Waals surface area contributed by atoms with Crippen LogP contribution < -0.4 is 0 Å². The van der Waals surface area contributed by atoms with Crippen molar-refractivity contribution >= 4 is 40.1 Å². The van der Waals surface area contributed by atoms with Crippen LogP contribution in [0.1, 0.15) is 32.4 Å². The van der Waals surface area contributed by atoms with E-state index in [1.54, 1.807) is 6.20 Å². The maximum atomic E-state index is 13.8. The fourth-order valence-corrected chi connectivity index (χ4v) is 4.87. The molecule has 34 heavy (non-hydrogen) atoms. The van der Waals surface area contributed by atoms with Crippen LogP contribution in [0.25, 0.3) is 22.3 Å². The molecular weight excluding hydrogens is 493 g/mol. The van der Waals surface area contributed by atoms with Gasteiger partial charge in [-0.05, 0) is 24.1 Å². The first-order chi connectivity index (χ1) is 16.3. The first-order valence-electron chi connectivity index (χ1n) is 10.1. The number of carbonyl (C=O) groups is 1. The lowest BCUT2D eigenvalue weighted by atomic mass is 10.1. The molecule has 1 aliphatic heterocycles. The minimum absolute atomic E-state index is 0.0931. The molecule has 0 spiro atoms. The number of hydrogen-bond donors (Lipinski definition) is 1. The number of hydrogen-bond acceptors (Lipinski definition) is 6. The van der Waals surface area contributed by atoms with Crippen molar-refractivity contribution in [1.82, 2.24) is 19.3 Å². The van der Waals surface area contributed by atoms with Gasteiger partial charge >= 0.3 is 6.18 Å². The van der Waals surface area contributed by atoms with Crippen LogP contribution in [0.4, 0.5) is 13.2 Å². The Morgan fingerprint density at radius 1 is 1.32 bits per heavy atom. The summed E-state index contributed by atoms with van der Waals surface area (Å²) in [6.07, 6.45) is 3.31. The largest absolute Gasteiger partial charge is 0.472 e. The van der Waals surface area contributed by atoms with Crippen molar-refractivity contribution < 1.29 is 27.5 Å². The number of thiazole rings is 1. The molecule has 0 unspecified atom stereocenters. The highest BCUT2D eigenvalue weighted by atomic mass is 35.5. The van der Waals surface area contributed by atoms with Gasteiger partial charge in [0.15, 0.2) is 11.3 Å². The van der Waals surface area contributed by atoms with E-state index in [0.29, 0.717) is 18.5 Å². The maximum Gasteiger partial charge on any atom is 0.420 e. The van der Waals surface area contributed by atoms with Gasteiger partial charge in [0.1, 0.15) is 10.2 Å². The molecule has 1 N–H and O–H groups in total. The second-order valence-electron chi connectivity index (χ2n) is 7.62. The first kappa shape index (κ1) is 22.6. The number of aliphatic hydroxyl groups is 1. The molecule has 0 aliphatic carbocycles. The second-order valence-corrected chi connectivity index (χ2v) is 9.09. The number of alkyl halides is 3. The van der Waals surface area contributed by atoms with Gasteiger partial charge in [0, 0.05) is 36.6 Å². The van der Waals surface area contributed by atoms with E-state index in [4.69, 9.17) is 16.0 Å². The third kappa shape index (κ3) is 3.99. The van der Waals surface area contributed by atoms with Gasteiger partial charge in [0.2, 0.25) is 0 Å². The SMILES string of the molecule is O=C(c1nc2c(C(F)(F)F)cc(-c3ccoc3)cn2c1Cl)N1CC=C(c2ncc(CO)s2)CC1. The molecule has 0 radical (unpaired) electrons. The molecule has 176 valence electrons. The molecule has 0 bridgehead atoms. The van der Waals surface area contributed by atoms with E-state index in [1.807, 2.05) is 6.08 Å². The molecule has 1 amide bonds. The highest BCUT2D eigenvalue weighted by Crippen LogP contribution is 2.37. The summed E-state index contributed by atoms with van der Waals surface area (Å²) in [5.41, 5.74) is -0.0883. The van der Waals surface area contributed by atoms with Crippen molar-refractivity contribution in [3.05, 3.63) is 69.4 Å². The van der Waals surface area contributed by atoms with Gasteiger partial charge in [-0.15, -0.1) is 11.3 Å². The molecule has 1 aliphatic rings. The molecule has 4 aromatic rings. The summed E-state index contributed by atoms with van der Waals surface area (Å²) in [6.45, 7) is 0.471. The van der Waals surface area contributed by atoms with Crippen molar-refractivity contribution in [2.45, 2.75) is 19.2 Å². The van der Waals surface area contributed by atoms with Crippen LogP contribution >= 0.6 is 22.9 Å². The Balaban J connectivity index is 1.49. The van der Waals surface area contributed by atoms with Gasteiger partial charge in [-0.2, -0.15) is 13.2 Å². The smallest absolute Gasteiger partial charge is 0.420 e. The second kappa shape index (κ2) is 8.57. The average molecular weight is 509 g/mol. The summed E-state index contributed by atoms with van der Waals surface area (Å²) >= 11 is 7.76. The third-order valence-electron chi connectivity index (χ3n) is 5.50. The predicted molar refractivity (Wildman–Crippen MR) is 119 cm³/mol. The lowest BCUT2D eigenvalue weighted by molar-refractivity contribution is -0.136. The summed E-state index contributed by atoms with van der Waals surface area (Å²) < 4.78 is 47.5. The summed E-state index contributed by atoms with van der Waals surface area (Å²) in [5.74, 6) is -0.558. The van der Waals surface area contributed by atoms with Crippen molar-refractivity contribution in [3.63, 3.8) is 0 Å². The molecule has 0 saturated carbocycles. The summed E-state index contributed by atoms with van der Waals surface area (Å²) in [7, 11) is 0. The zero-order valence-electron chi connectivity index (χ0n) is 17.3. The standard InChI is InChI=1S/C22H16ClF3N4O3S/c23-18-17(21(32)29-4-1-12(2-5-29)20-27-8-15(10-31)34-20)28-19-16(22(24,25)26)7-14(9-30(18)19)13-3-6-33-11-13/h1,3,6-9,11,31H,2,4-5,10H2. The van der Waals surface area contributed by atoms with Crippen molar-refractivity contribution in [1.29, 1.82) is 0 Å². The number of carbonyl (C=O) groups excluding carboxylic acids is 1. The fraction of sp³-hybridized carbons (Fsp3) is 0.227. The Kier molecular flexibility index (Phi) is 5.70. The molecule has 4 aromatic heterocycles. The Morgan fingerprint density at radius 3 is 2.76 bits per heavy atom. The Hall–Kier alpha value is -3.15. The molecule has 0 saturated heterocycles. The number of pyridine rings is 1. The monoisotopic (exact) mass is 508 g/mol. The molecule has 7 nitrogen and oxygen atoms in total. The van der Waals surface area contributed by atoms with E-state index in [2.05, 4.69) is 9.97 Å². The van der Waals surface area contributed by atoms with Crippen LogP contribution in [0.2, 0.25) is 5.15 Å². The van der Waals surface area contributed by atoms with Gasteiger partial charge in [-0.25, -0.2) is 9.97 Å². The van der Waals surface area contributed by atoms with E-state index < -0.39 is 23.3 Å². The summed E-state index contributed by atoms with van der Waals surface area (Å²) in [4.78, 5) is 23.6. The number of amides is 1. The highest BCUT2D eigenvalue weighted by Gasteiger charge is 2.36. The molecule has 0 fully saturated rings. The zero-order valence-corrected chi connectivity index (χ0v) is 18.9. The number of imidazole rings is 1. The van der Waals surface area contributed by atoms with Crippen molar-refractivity contribution in [2.24, 2.45) is 0 Å². The Labute approximate surface area is 199 Å². The molecule has 5 rings (SSSR count). The van der Waals surface area contributed by atoms with Crippen molar-refractivity contribution in [2.75, 3.05) is 13.1 Å². The number of rotatable bonds is 4. The molecule has 0 aromatic carbocycles. The van der Waals surface area contributed by atoms with E-state index >= 15 is 0 Å². The molecule has 5 heterocycles. The van der Waals surface area contributed by atoms with Crippen LogP contribution in [-0.2, 0) is 12.8 Å². The average Bonchev–Trinajstić information content (AvgIpc) is 3.58. The summed E-state index contributed by atoms with van der Waals surface area (Å²) in [6, 6.07) is 2.49. The molecule has 0 atom stereocenters. The van der Waals surface area contributed by atoms with Crippen LogP contribution in [0.3, 0.4) is 0 Å². The Bertz CT molecular complexity index is 1410. The van der Waals surface area contributed by atoms with Crippen LogP contribution in [0.15, 0.2) is 47.5 Å². The van der Waals surface area contributed by atoms with Gasteiger partial charge < -0.3 is 14.4 Å². The number of halogens is 4. The van der Waals surface area contributed by atoms with E-state index in [0.717, 1.165) is 25.9 Å². The normalized spacial score (nSPS) is 14.6. The third-order valence-corrected chi connectivity index (χ3v) is 6.92. The number of furan rings is 1. The van der Waals surface area contributed by atoms with E-state index in [1.165, 1.54) is 41.0 Å². The quantitative estimate of drug-likeness (QED) is 0.412. The minimum Gasteiger partial charge on any atom is -0.472 e. The highest BCUT2D eigenvalue weighted by molar-refractivity contribution is 7.12. The van der Waals surface area contributed by atoms with Crippen LogP contribution in [0, 0.1) is 0 Å². The maximum absolute atomic E-state index is 13.8. The van der Waals surface area contributed by atoms with Crippen LogP contribution in [-0.4, -0.2) is 43.4 Å². The zero-order chi connectivity index (χ0) is 24.0. The first-order valence-corrected chi connectivity index (χ1v) is 11.3. The molecular formula is C22H16ClF3N4O3S. The molecule has 12 heteroatoms. The topological polar surface area (TPSA) is 83.9 Å². The number of fused-ring (bicyclic) bond motifs is 1. The predicted octanol–water partition coefficient (Wildman–Crippen LogP) is 5.14. The van der Waals surface area contributed by atoms with Gasteiger partial charge in [0.25, 0.3) is 5.91 Å². The number of aromatic nitrogens is 3. The van der Waals surface area contributed by atoms with Gasteiger partial charge in [0.05, 0.1) is 29.6 Å². The van der Waals surface area contributed by atoms with E-state index in [9.17, 15) is 23.1 Å². The van der Waals surface area contributed by atoms with Gasteiger partial charge in [-0.1, -0.05) is 17.7 Å². The fourth-order valence-electron chi connectivity index (χ4n) is 3.78. The van der Waals surface area contributed by atoms with E-state index in [-0.39, 0.29) is 29.6 Å². The number of nitrogens with zero attached hydrogens (tertiary/aromatic N) is 4. The van der Waals surface area contributed by atoms with Crippen LogP contribution in [0.5, 0.6) is 0 Å². The van der Waals surface area contributed by atoms with Gasteiger partial charge in [-0.3, -0.25) is 9.20 Å². The van der Waals surface area contributed by atoms with Crippen molar-refractivity contribution in [3.8, 4) is 11.1 Å². The lowest BCUT2D eigenvalue weighted by Gasteiger charge is -2.25. The minimum atomic E-state index is -4.71. The lowest BCUT2D eigenvalue weighted by Crippen LogP contribution is -2.35. The number of aliphatic hydroxyl groups excluding tert-OH is 1.